The van der Waals surface area contributed by atoms with Crippen LogP contribution in [0.15, 0.2) is 91.0 Å². The monoisotopic (exact) mass is 408 g/mol. The molecule has 2 heterocycles. The molecule has 2 aliphatic rings. The van der Waals surface area contributed by atoms with Gasteiger partial charge < -0.3 is 9.80 Å². The minimum Gasteiger partial charge on any atom is -0.337 e. The van der Waals surface area contributed by atoms with Gasteiger partial charge in [-0.2, -0.15) is 0 Å². The van der Waals surface area contributed by atoms with Crippen LogP contribution in [0.25, 0.3) is 5.57 Å². The molecule has 0 aromatic heterocycles. The molecule has 1 atom stereocenters. The lowest BCUT2D eigenvalue weighted by molar-refractivity contribution is -0.136. The third kappa shape index (κ3) is 3.66. The standard InChI is InChI=1S/C27H24N2O2/c30-26-24-14-8-7-13-23(24)19-29(26)25(22-11-5-2-6-12-22)27(31)28-17-15-21(16-18-28)20-9-3-1-4-10-20/h1-15,25H,16-19H2. The molecule has 0 saturated carbocycles. The summed E-state index contributed by atoms with van der Waals surface area (Å²) in [6.07, 6.45) is 2.95. The molecule has 0 fully saturated rings. The Bertz CT molecular complexity index is 1140. The Morgan fingerprint density at radius 2 is 1.52 bits per heavy atom. The van der Waals surface area contributed by atoms with E-state index in [1.165, 1.54) is 11.1 Å². The molecular weight excluding hydrogens is 384 g/mol. The number of amides is 2. The lowest BCUT2D eigenvalue weighted by Crippen LogP contribution is -2.44. The van der Waals surface area contributed by atoms with Gasteiger partial charge >= 0.3 is 0 Å². The first-order chi connectivity index (χ1) is 15.2. The van der Waals surface area contributed by atoms with Crippen LogP contribution in [-0.4, -0.2) is 34.7 Å². The van der Waals surface area contributed by atoms with Crippen LogP contribution in [0.4, 0.5) is 0 Å². The van der Waals surface area contributed by atoms with Crippen molar-refractivity contribution in [1.82, 2.24) is 9.80 Å². The number of fused-ring (bicyclic) bond motifs is 1. The summed E-state index contributed by atoms with van der Waals surface area (Å²) < 4.78 is 0. The van der Waals surface area contributed by atoms with Crippen molar-refractivity contribution in [3.63, 3.8) is 0 Å². The van der Waals surface area contributed by atoms with Gasteiger partial charge in [0.15, 0.2) is 0 Å². The van der Waals surface area contributed by atoms with Gasteiger partial charge in [-0.15, -0.1) is 0 Å². The smallest absolute Gasteiger partial charge is 0.255 e. The fraction of sp³-hybridized carbons (Fsp3) is 0.185. The minimum absolute atomic E-state index is 0.0179. The van der Waals surface area contributed by atoms with Gasteiger partial charge in [0.1, 0.15) is 6.04 Å². The zero-order valence-electron chi connectivity index (χ0n) is 17.3. The lowest BCUT2D eigenvalue weighted by Gasteiger charge is -2.34. The number of nitrogens with zero attached hydrogens (tertiary/aromatic N) is 2. The summed E-state index contributed by atoms with van der Waals surface area (Å²) in [6.45, 7) is 1.67. The number of rotatable bonds is 4. The van der Waals surface area contributed by atoms with Crippen LogP contribution < -0.4 is 0 Å². The molecule has 0 aliphatic carbocycles. The summed E-state index contributed by atoms with van der Waals surface area (Å²) in [5.41, 5.74) is 5.00. The van der Waals surface area contributed by atoms with Gasteiger partial charge in [0.25, 0.3) is 5.91 Å². The first kappa shape index (κ1) is 19.3. The number of hydrogen-bond acceptors (Lipinski definition) is 2. The van der Waals surface area contributed by atoms with Crippen molar-refractivity contribution in [2.75, 3.05) is 13.1 Å². The van der Waals surface area contributed by atoms with E-state index in [1.54, 1.807) is 4.90 Å². The Kier molecular flexibility index (Phi) is 5.13. The molecule has 154 valence electrons. The molecule has 31 heavy (non-hydrogen) atoms. The van der Waals surface area contributed by atoms with Crippen LogP contribution >= 0.6 is 0 Å². The molecule has 4 nitrogen and oxygen atoms in total. The molecule has 1 unspecified atom stereocenters. The van der Waals surface area contributed by atoms with Crippen molar-refractivity contribution in [2.45, 2.75) is 19.0 Å². The number of benzene rings is 3. The Morgan fingerprint density at radius 1 is 0.839 bits per heavy atom. The summed E-state index contributed by atoms with van der Waals surface area (Å²) in [4.78, 5) is 30.5. The second-order valence-corrected chi connectivity index (χ2v) is 8.03. The summed E-state index contributed by atoms with van der Waals surface area (Å²) in [5, 5.41) is 0. The molecule has 0 saturated heterocycles. The van der Waals surface area contributed by atoms with Crippen LogP contribution in [0.1, 0.15) is 39.5 Å². The van der Waals surface area contributed by atoms with Gasteiger partial charge in [-0.05, 0) is 34.8 Å². The van der Waals surface area contributed by atoms with E-state index in [1.807, 2.05) is 77.7 Å². The van der Waals surface area contributed by atoms with Gasteiger partial charge in [0.05, 0.1) is 0 Å². The van der Waals surface area contributed by atoms with Gasteiger partial charge in [-0.3, -0.25) is 9.59 Å². The number of carbonyl (C=O) groups excluding carboxylic acids is 2. The van der Waals surface area contributed by atoms with Gasteiger partial charge in [-0.1, -0.05) is 84.9 Å². The zero-order chi connectivity index (χ0) is 21.2. The highest BCUT2D eigenvalue weighted by atomic mass is 16.2. The molecule has 2 amide bonds. The Labute approximate surface area is 182 Å². The molecule has 0 N–H and O–H groups in total. The van der Waals surface area contributed by atoms with Crippen LogP contribution in [0.5, 0.6) is 0 Å². The van der Waals surface area contributed by atoms with Crippen molar-refractivity contribution >= 4 is 17.4 Å². The first-order valence-corrected chi connectivity index (χ1v) is 10.7. The molecular formula is C27H24N2O2. The normalized spacial score (nSPS) is 16.6. The second kappa shape index (κ2) is 8.23. The number of hydrogen-bond donors (Lipinski definition) is 0. The Hall–Kier alpha value is -3.66. The van der Waals surface area contributed by atoms with Crippen LogP contribution in [0, 0.1) is 0 Å². The van der Waals surface area contributed by atoms with Crippen LogP contribution in [0.2, 0.25) is 0 Å². The molecule has 0 spiro atoms. The van der Waals surface area contributed by atoms with Crippen molar-refractivity contribution in [2.24, 2.45) is 0 Å². The molecule has 3 aromatic carbocycles. The molecule has 0 radical (unpaired) electrons. The summed E-state index contributed by atoms with van der Waals surface area (Å²) in [7, 11) is 0. The SMILES string of the molecule is O=C(C(c1ccccc1)N1Cc2ccccc2C1=O)N1CC=C(c2ccccc2)CC1. The largest absolute Gasteiger partial charge is 0.337 e. The topological polar surface area (TPSA) is 40.6 Å². The predicted octanol–water partition coefficient (Wildman–Crippen LogP) is 4.70. The van der Waals surface area contributed by atoms with E-state index in [0.717, 1.165) is 17.5 Å². The Balaban J connectivity index is 1.43. The van der Waals surface area contributed by atoms with Crippen molar-refractivity contribution in [3.05, 3.63) is 113 Å². The lowest BCUT2D eigenvalue weighted by atomic mass is 9.98. The quantitative estimate of drug-likeness (QED) is 0.628. The third-order valence-electron chi connectivity index (χ3n) is 6.18. The van der Waals surface area contributed by atoms with Gasteiger partial charge in [0, 0.05) is 25.2 Å². The second-order valence-electron chi connectivity index (χ2n) is 8.03. The van der Waals surface area contributed by atoms with Crippen molar-refractivity contribution in [3.8, 4) is 0 Å². The van der Waals surface area contributed by atoms with Crippen molar-refractivity contribution in [1.29, 1.82) is 0 Å². The highest BCUT2D eigenvalue weighted by Gasteiger charge is 2.39. The fourth-order valence-electron chi connectivity index (χ4n) is 4.53. The van der Waals surface area contributed by atoms with E-state index < -0.39 is 6.04 Å². The van der Waals surface area contributed by atoms with E-state index in [2.05, 4.69) is 18.2 Å². The molecule has 4 heteroatoms. The molecule has 2 aliphatic heterocycles. The average molecular weight is 409 g/mol. The maximum absolute atomic E-state index is 13.7. The first-order valence-electron chi connectivity index (χ1n) is 10.7. The van der Waals surface area contributed by atoms with E-state index in [0.29, 0.717) is 25.2 Å². The highest BCUT2D eigenvalue weighted by molar-refractivity contribution is 6.01. The summed E-state index contributed by atoms with van der Waals surface area (Å²) >= 11 is 0. The summed E-state index contributed by atoms with van der Waals surface area (Å²) in [5.74, 6) is -0.0916. The Morgan fingerprint density at radius 3 is 2.19 bits per heavy atom. The van der Waals surface area contributed by atoms with Crippen LogP contribution in [-0.2, 0) is 11.3 Å². The third-order valence-corrected chi connectivity index (χ3v) is 6.18. The number of carbonyl (C=O) groups is 2. The molecule has 5 rings (SSSR count). The van der Waals surface area contributed by atoms with Gasteiger partial charge in [-0.25, -0.2) is 0 Å². The molecule has 3 aromatic rings. The average Bonchev–Trinajstić information content (AvgIpc) is 3.17. The van der Waals surface area contributed by atoms with E-state index in [9.17, 15) is 9.59 Å². The fourth-order valence-corrected chi connectivity index (χ4v) is 4.53. The maximum Gasteiger partial charge on any atom is 0.255 e. The highest BCUT2D eigenvalue weighted by Crippen LogP contribution is 2.33. The van der Waals surface area contributed by atoms with E-state index in [4.69, 9.17) is 0 Å². The minimum atomic E-state index is -0.618. The maximum atomic E-state index is 13.7. The summed E-state index contributed by atoms with van der Waals surface area (Å²) in [6, 6.07) is 27.0. The van der Waals surface area contributed by atoms with E-state index in [-0.39, 0.29) is 11.8 Å². The van der Waals surface area contributed by atoms with Gasteiger partial charge in [0.2, 0.25) is 5.91 Å². The molecule has 0 bridgehead atoms. The van der Waals surface area contributed by atoms with Crippen molar-refractivity contribution < 1.29 is 9.59 Å². The van der Waals surface area contributed by atoms with Crippen LogP contribution in [0.3, 0.4) is 0 Å². The zero-order valence-corrected chi connectivity index (χ0v) is 17.3. The van der Waals surface area contributed by atoms with E-state index >= 15 is 0 Å². The predicted molar refractivity (Wildman–Crippen MR) is 121 cm³/mol.